The Kier molecular flexibility index (Phi) is 9.17. The molecule has 5 aromatic rings. The number of ether oxygens (including phenoxy) is 3. The number of fused-ring (bicyclic) bond motifs is 6. The van der Waals surface area contributed by atoms with Gasteiger partial charge in [0.2, 0.25) is 11.8 Å². The van der Waals surface area contributed by atoms with Gasteiger partial charge in [-0.05, 0) is 59.2 Å². The van der Waals surface area contributed by atoms with Gasteiger partial charge in [-0.25, -0.2) is 19.6 Å². The van der Waals surface area contributed by atoms with Crippen LogP contribution in [0.2, 0.25) is 0 Å². The van der Waals surface area contributed by atoms with Gasteiger partial charge in [0.1, 0.15) is 37.1 Å². The zero-order valence-electron chi connectivity index (χ0n) is 28.5. The number of nitrogens with one attached hydrogen (secondary N) is 4. The number of methoxy groups -OCH3 is 2. The lowest BCUT2D eigenvalue weighted by Gasteiger charge is -2.39. The third-order valence-corrected chi connectivity index (χ3v) is 9.29. The summed E-state index contributed by atoms with van der Waals surface area (Å²) in [5, 5.41) is 6.84. The first-order chi connectivity index (χ1) is 24.8. The van der Waals surface area contributed by atoms with Crippen molar-refractivity contribution in [2.75, 3.05) is 40.4 Å². The minimum absolute atomic E-state index is 0.138. The second kappa shape index (κ2) is 14.0. The summed E-state index contributed by atoms with van der Waals surface area (Å²) in [7, 11) is 2.51. The first-order valence-electron chi connectivity index (χ1n) is 16.7. The fourth-order valence-corrected chi connectivity index (χ4v) is 6.59. The maximum Gasteiger partial charge on any atom is 0.407 e. The van der Waals surface area contributed by atoms with Gasteiger partial charge in [-0.1, -0.05) is 25.1 Å². The standard InChI is InChI=1S/C36H38N8O7/c1-4-10-43(31(45)16-38-35(47)49-2)18-30-37-15-27(40-30)21-5-7-23-22(12-21)19-51-29-14-24-20(13-25(23)29)6-8-26-33(24)42-34(41-26)28-9-11-44(28)32(46)17-39-36(48)50-3/h5-8,12-15,28H,4,9-11,16-19H2,1-3H3,(H,37,40)(H,38,47)(H,39,48)(H,41,42). The number of amides is 4. The smallest absolute Gasteiger partial charge is 0.407 e. The molecule has 4 heterocycles. The monoisotopic (exact) mass is 694 g/mol. The first-order valence-corrected chi connectivity index (χ1v) is 16.7. The molecule has 4 N–H and O–H groups in total. The van der Waals surface area contributed by atoms with Crippen molar-refractivity contribution in [1.29, 1.82) is 0 Å². The van der Waals surface area contributed by atoms with Crippen LogP contribution in [0.25, 0.3) is 44.2 Å². The lowest BCUT2D eigenvalue weighted by molar-refractivity contribution is -0.138. The maximum absolute atomic E-state index is 12.7. The van der Waals surface area contributed by atoms with Gasteiger partial charge >= 0.3 is 12.2 Å². The van der Waals surface area contributed by atoms with Crippen molar-refractivity contribution < 1.29 is 33.4 Å². The van der Waals surface area contributed by atoms with E-state index in [-0.39, 0.29) is 37.5 Å². The molecule has 15 heteroatoms. The SMILES string of the molecule is CCCN(Cc1ncc(-c2ccc3c(c2)COc2cc4c(ccc5[nH]c(C6CCN6C(=O)CNC(=O)OC)nc54)cc2-3)[nH]1)C(=O)CNC(=O)OC. The van der Waals surface area contributed by atoms with Crippen molar-refractivity contribution in [1.82, 2.24) is 40.4 Å². The van der Waals surface area contributed by atoms with Crippen LogP contribution in [0.4, 0.5) is 9.59 Å². The summed E-state index contributed by atoms with van der Waals surface area (Å²) < 4.78 is 15.4. The van der Waals surface area contributed by atoms with E-state index in [2.05, 4.69) is 59.3 Å². The predicted molar refractivity (Wildman–Crippen MR) is 187 cm³/mol. The molecule has 0 saturated carbocycles. The molecular weight excluding hydrogens is 656 g/mol. The molecule has 0 bridgehead atoms. The molecule has 2 aromatic heterocycles. The molecule has 264 valence electrons. The fourth-order valence-electron chi connectivity index (χ4n) is 6.59. The van der Waals surface area contributed by atoms with Crippen LogP contribution < -0.4 is 15.4 Å². The lowest BCUT2D eigenvalue weighted by Crippen LogP contribution is -2.49. The van der Waals surface area contributed by atoms with Crippen LogP contribution in [-0.4, -0.2) is 94.1 Å². The second-order valence-corrected chi connectivity index (χ2v) is 12.5. The van der Waals surface area contributed by atoms with Crippen molar-refractivity contribution in [3.05, 3.63) is 65.9 Å². The average molecular weight is 695 g/mol. The number of alkyl carbamates (subject to hydrolysis) is 2. The van der Waals surface area contributed by atoms with E-state index < -0.39 is 12.2 Å². The molecule has 2 aliphatic heterocycles. The van der Waals surface area contributed by atoms with Crippen LogP contribution in [-0.2, 0) is 32.2 Å². The summed E-state index contributed by atoms with van der Waals surface area (Å²) in [5.74, 6) is 1.68. The predicted octanol–water partition coefficient (Wildman–Crippen LogP) is 4.39. The van der Waals surface area contributed by atoms with Crippen LogP contribution in [0.5, 0.6) is 5.75 Å². The third-order valence-electron chi connectivity index (χ3n) is 9.29. The van der Waals surface area contributed by atoms with E-state index in [1.54, 1.807) is 16.0 Å². The molecule has 0 aliphatic carbocycles. The summed E-state index contributed by atoms with van der Waals surface area (Å²) in [6.07, 6.45) is 1.98. The number of aromatic nitrogens is 4. The fraction of sp³-hybridized carbons (Fsp3) is 0.333. The first kappa shape index (κ1) is 33.4. The minimum Gasteiger partial charge on any atom is -0.488 e. The topological polar surface area (TPSA) is 184 Å². The Morgan fingerprint density at radius 2 is 1.80 bits per heavy atom. The average Bonchev–Trinajstić information content (AvgIpc) is 3.78. The highest BCUT2D eigenvalue weighted by Crippen LogP contribution is 2.43. The Morgan fingerprint density at radius 3 is 2.55 bits per heavy atom. The molecule has 2 aliphatic rings. The van der Waals surface area contributed by atoms with Crippen LogP contribution in [0, 0.1) is 0 Å². The minimum atomic E-state index is -0.656. The number of nitrogens with zero attached hydrogens (tertiary/aromatic N) is 4. The zero-order valence-corrected chi connectivity index (χ0v) is 28.5. The summed E-state index contributed by atoms with van der Waals surface area (Å²) in [4.78, 5) is 67.9. The van der Waals surface area contributed by atoms with Crippen molar-refractivity contribution >= 4 is 45.8 Å². The van der Waals surface area contributed by atoms with E-state index in [1.165, 1.54) is 14.2 Å². The molecule has 1 atom stereocenters. The number of hydrogen-bond donors (Lipinski definition) is 4. The summed E-state index contributed by atoms with van der Waals surface area (Å²) in [5.41, 5.74) is 6.52. The number of likely N-dealkylation sites (tertiary alicyclic amines) is 1. The Balaban J connectivity index is 1.09. The Labute approximate surface area is 292 Å². The zero-order chi connectivity index (χ0) is 35.6. The van der Waals surface area contributed by atoms with Crippen LogP contribution in [0.3, 0.4) is 0 Å². The molecule has 0 radical (unpaired) electrons. The van der Waals surface area contributed by atoms with Gasteiger partial charge in [-0.15, -0.1) is 0 Å². The number of rotatable bonds is 10. The molecule has 51 heavy (non-hydrogen) atoms. The van der Waals surface area contributed by atoms with Crippen molar-refractivity contribution in [3.63, 3.8) is 0 Å². The van der Waals surface area contributed by atoms with Crippen LogP contribution in [0.1, 0.15) is 43.0 Å². The Hall–Kier alpha value is -6.12. The normalized spacial score (nSPS) is 14.6. The van der Waals surface area contributed by atoms with Gasteiger partial charge in [0.25, 0.3) is 0 Å². The molecule has 3 aromatic carbocycles. The van der Waals surface area contributed by atoms with Gasteiger partial charge < -0.3 is 44.6 Å². The molecule has 7 rings (SSSR count). The van der Waals surface area contributed by atoms with E-state index in [4.69, 9.17) is 9.72 Å². The highest BCUT2D eigenvalue weighted by atomic mass is 16.5. The molecule has 1 fully saturated rings. The number of benzene rings is 3. The highest BCUT2D eigenvalue weighted by molar-refractivity contribution is 6.07. The van der Waals surface area contributed by atoms with E-state index in [0.717, 1.165) is 68.3 Å². The van der Waals surface area contributed by atoms with Gasteiger partial charge in [0.05, 0.1) is 49.7 Å². The van der Waals surface area contributed by atoms with Crippen molar-refractivity contribution in [2.45, 2.75) is 39.0 Å². The third kappa shape index (κ3) is 6.61. The summed E-state index contributed by atoms with van der Waals surface area (Å²) in [6, 6.07) is 14.2. The van der Waals surface area contributed by atoms with Gasteiger partial charge in [-0.3, -0.25) is 9.59 Å². The number of imidazole rings is 2. The number of H-pyrrole nitrogens is 2. The Morgan fingerprint density at radius 1 is 1.00 bits per heavy atom. The molecule has 1 saturated heterocycles. The molecule has 4 amide bonds. The number of carbonyl (C=O) groups is 4. The lowest BCUT2D eigenvalue weighted by atomic mass is 9.92. The number of hydrogen-bond acceptors (Lipinski definition) is 9. The van der Waals surface area contributed by atoms with Crippen LogP contribution in [0.15, 0.2) is 48.7 Å². The van der Waals surface area contributed by atoms with Crippen molar-refractivity contribution in [2.24, 2.45) is 0 Å². The summed E-state index contributed by atoms with van der Waals surface area (Å²) in [6.45, 7) is 3.46. The van der Waals surface area contributed by atoms with Crippen LogP contribution >= 0.6 is 0 Å². The van der Waals surface area contributed by atoms with E-state index in [0.29, 0.717) is 31.3 Å². The van der Waals surface area contributed by atoms with Gasteiger partial charge in [0, 0.05) is 24.0 Å². The Bertz CT molecular complexity index is 2160. The van der Waals surface area contributed by atoms with E-state index in [9.17, 15) is 19.2 Å². The van der Waals surface area contributed by atoms with E-state index >= 15 is 0 Å². The van der Waals surface area contributed by atoms with Gasteiger partial charge in [0.15, 0.2) is 0 Å². The quantitative estimate of drug-likeness (QED) is 0.165. The largest absolute Gasteiger partial charge is 0.488 e. The van der Waals surface area contributed by atoms with Crippen molar-refractivity contribution in [3.8, 4) is 28.1 Å². The second-order valence-electron chi connectivity index (χ2n) is 12.5. The molecule has 15 nitrogen and oxygen atoms in total. The maximum atomic E-state index is 12.7. The molecular formula is C36H38N8O7. The highest BCUT2D eigenvalue weighted by Gasteiger charge is 2.35. The number of aromatic amines is 2. The van der Waals surface area contributed by atoms with E-state index in [1.807, 2.05) is 25.1 Å². The molecule has 0 spiro atoms. The number of carbonyl (C=O) groups excluding carboxylic acids is 4. The van der Waals surface area contributed by atoms with Gasteiger partial charge in [-0.2, -0.15) is 0 Å². The summed E-state index contributed by atoms with van der Waals surface area (Å²) >= 11 is 0. The molecule has 1 unspecified atom stereocenters.